The van der Waals surface area contributed by atoms with Crippen LogP contribution in [0.5, 0.6) is 0 Å². The maximum Gasteiger partial charge on any atom is 0.325 e. The zero-order valence-corrected chi connectivity index (χ0v) is 20.3. The second-order valence-corrected chi connectivity index (χ2v) is 9.41. The minimum atomic E-state index is -1.27. The molecule has 1 heterocycles. The van der Waals surface area contributed by atoms with Crippen LogP contribution in [0.1, 0.15) is 29.7 Å². The summed E-state index contributed by atoms with van der Waals surface area (Å²) >= 11 is 6.05. The van der Waals surface area contributed by atoms with E-state index in [2.05, 4.69) is 10.6 Å². The van der Waals surface area contributed by atoms with Gasteiger partial charge in [0, 0.05) is 5.02 Å². The van der Waals surface area contributed by atoms with Gasteiger partial charge < -0.3 is 10.6 Å². The van der Waals surface area contributed by atoms with E-state index in [1.54, 1.807) is 19.1 Å². The molecule has 4 aromatic carbocycles. The smallest absolute Gasteiger partial charge is 0.325 e. The van der Waals surface area contributed by atoms with Crippen molar-refractivity contribution in [3.63, 3.8) is 0 Å². The summed E-state index contributed by atoms with van der Waals surface area (Å²) in [5.41, 5.74) is 1.09. The number of benzene rings is 4. The van der Waals surface area contributed by atoms with Gasteiger partial charge in [0.25, 0.3) is 5.91 Å². The zero-order valence-electron chi connectivity index (χ0n) is 19.6. The molecule has 36 heavy (non-hydrogen) atoms. The highest BCUT2D eigenvalue weighted by Crippen LogP contribution is 2.31. The molecule has 1 saturated heterocycles. The Morgan fingerprint density at radius 2 is 1.53 bits per heavy atom. The topological polar surface area (TPSA) is 78.5 Å². The first-order valence-electron chi connectivity index (χ1n) is 11.6. The third-order valence-corrected chi connectivity index (χ3v) is 6.80. The van der Waals surface area contributed by atoms with Crippen molar-refractivity contribution in [1.82, 2.24) is 15.5 Å². The second-order valence-electron chi connectivity index (χ2n) is 8.97. The van der Waals surface area contributed by atoms with Gasteiger partial charge in [0.15, 0.2) is 0 Å². The van der Waals surface area contributed by atoms with Gasteiger partial charge in [0.1, 0.15) is 12.1 Å². The number of nitrogens with one attached hydrogen (secondary N) is 2. The van der Waals surface area contributed by atoms with Crippen molar-refractivity contribution in [2.75, 3.05) is 6.54 Å². The minimum Gasteiger partial charge on any atom is -0.344 e. The van der Waals surface area contributed by atoms with Crippen LogP contribution >= 0.6 is 11.6 Å². The average Bonchev–Trinajstić information content (AvgIpc) is 3.12. The summed E-state index contributed by atoms with van der Waals surface area (Å²) in [6, 6.07) is 29.0. The van der Waals surface area contributed by atoms with Gasteiger partial charge >= 0.3 is 6.03 Å². The number of fused-ring (bicyclic) bond motifs is 1. The molecular weight excluding hydrogens is 474 g/mol. The number of urea groups is 1. The third kappa shape index (κ3) is 4.43. The molecule has 7 heteroatoms. The van der Waals surface area contributed by atoms with E-state index < -0.39 is 36.0 Å². The first-order valence-corrected chi connectivity index (χ1v) is 12.0. The quantitative estimate of drug-likeness (QED) is 0.361. The summed E-state index contributed by atoms with van der Waals surface area (Å²) in [6.45, 7) is 1.26. The molecule has 6 nitrogen and oxygen atoms in total. The lowest BCUT2D eigenvalue weighted by molar-refractivity contribution is -0.135. The largest absolute Gasteiger partial charge is 0.344 e. The van der Waals surface area contributed by atoms with Gasteiger partial charge in [-0.3, -0.25) is 14.5 Å². The van der Waals surface area contributed by atoms with E-state index in [-0.39, 0.29) is 0 Å². The van der Waals surface area contributed by atoms with Crippen molar-refractivity contribution in [2.24, 2.45) is 0 Å². The molecular formula is C29H24ClN3O3. The molecule has 0 aromatic heterocycles. The standard InChI is InChI=1S/C29H24ClN3O3/c1-29(23-14-11-19-7-5-6-10-22(19)17-23)27(35)33(28(36)32-29)18-25(34)31-26(20-8-3-2-4-9-20)21-12-15-24(30)16-13-21/h2-17,26H,18H2,1H3,(H,31,34)(H,32,36)/t26-,29-/m0/s1. The molecule has 4 aromatic rings. The van der Waals surface area contributed by atoms with Crippen LogP contribution in [0, 0.1) is 0 Å². The predicted molar refractivity (Wildman–Crippen MR) is 139 cm³/mol. The lowest BCUT2D eigenvalue weighted by Crippen LogP contribution is -2.44. The summed E-state index contributed by atoms with van der Waals surface area (Å²) in [5.74, 6) is -0.925. The van der Waals surface area contributed by atoms with Crippen molar-refractivity contribution in [2.45, 2.75) is 18.5 Å². The summed E-state index contributed by atoms with van der Waals surface area (Å²) in [4.78, 5) is 40.3. The number of carbonyl (C=O) groups excluding carboxylic acids is 3. The normalized spacial score (nSPS) is 18.2. The van der Waals surface area contributed by atoms with Crippen molar-refractivity contribution in [3.8, 4) is 0 Å². The van der Waals surface area contributed by atoms with Crippen LogP contribution in [0.25, 0.3) is 10.8 Å². The van der Waals surface area contributed by atoms with E-state index >= 15 is 0 Å². The first-order chi connectivity index (χ1) is 17.3. The van der Waals surface area contributed by atoms with Crippen LogP contribution < -0.4 is 10.6 Å². The van der Waals surface area contributed by atoms with Crippen molar-refractivity contribution in [1.29, 1.82) is 0 Å². The molecule has 1 aliphatic heterocycles. The lowest BCUT2D eigenvalue weighted by Gasteiger charge is -2.23. The zero-order chi connectivity index (χ0) is 25.3. The van der Waals surface area contributed by atoms with Crippen molar-refractivity contribution < 1.29 is 14.4 Å². The molecule has 0 aliphatic carbocycles. The van der Waals surface area contributed by atoms with Crippen LogP contribution in [0.2, 0.25) is 5.02 Å². The van der Waals surface area contributed by atoms with Crippen LogP contribution in [0.4, 0.5) is 4.79 Å². The summed E-state index contributed by atoms with van der Waals surface area (Å²) in [5, 5.41) is 8.34. The monoisotopic (exact) mass is 497 g/mol. The Morgan fingerprint density at radius 1 is 0.889 bits per heavy atom. The van der Waals surface area contributed by atoms with Gasteiger partial charge in [-0.05, 0) is 52.6 Å². The molecule has 5 rings (SSSR count). The van der Waals surface area contributed by atoms with E-state index in [1.165, 1.54) is 0 Å². The molecule has 0 unspecified atom stereocenters. The van der Waals surface area contributed by atoms with Crippen LogP contribution in [0.15, 0.2) is 97.1 Å². The van der Waals surface area contributed by atoms with Crippen LogP contribution in [0.3, 0.4) is 0 Å². The molecule has 0 radical (unpaired) electrons. The van der Waals surface area contributed by atoms with E-state index in [4.69, 9.17) is 11.6 Å². The molecule has 4 amide bonds. The highest BCUT2D eigenvalue weighted by atomic mass is 35.5. The molecule has 0 saturated carbocycles. The van der Waals surface area contributed by atoms with Crippen LogP contribution in [-0.4, -0.2) is 29.3 Å². The SMILES string of the molecule is C[C@@]1(c2ccc3ccccc3c2)NC(=O)N(CC(=O)N[C@@H](c2ccccc2)c2ccc(Cl)cc2)C1=O. The molecule has 180 valence electrons. The Kier molecular flexibility index (Phi) is 6.20. The number of nitrogens with zero attached hydrogens (tertiary/aromatic N) is 1. The minimum absolute atomic E-state index is 0.398. The Labute approximate surface area is 213 Å². The Bertz CT molecular complexity index is 1460. The Balaban J connectivity index is 1.37. The predicted octanol–water partition coefficient (Wildman–Crippen LogP) is 5.17. The molecule has 0 spiro atoms. The van der Waals surface area contributed by atoms with Crippen LogP contribution in [-0.2, 0) is 15.1 Å². The van der Waals surface area contributed by atoms with Crippen molar-refractivity contribution in [3.05, 3.63) is 119 Å². The van der Waals surface area contributed by atoms with E-state index in [0.717, 1.165) is 26.8 Å². The number of halogens is 1. The lowest BCUT2D eigenvalue weighted by atomic mass is 9.90. The summed E-state index contributed by atoms with van der Waals surface area (Å²) in [7, 11) is 0. The summed E-state index contributed by atoms with van der Waals surface area (Å²) < 4.78 is 0. The maximum atomic E-state index is 13.4. The number of imide groups is 1. The number of hydrogen-bond donors (Lipinski definition) is 2. The Hall–Kier alpha value is -4.16. The second kappa shape index (κ2) is 9.47. The molecule has 1 aliphatic rings. The Morgan fingerprint density at radius 3 is 2.25 bits per heavy atom. The van der Waals surface area contributed by atoms with Gasteiger partial charge in [-0.25, -0.2) is 4.79 Å². The van der Waals surface area contributed by atoms with Gasteiger partial charge in [-0.15, -0.1) is 0 Å². The van der Waals surface area contributed by atoms with E-state index in [9.17, 15) is 14.4 Å². The van der Waals surface area contributed by atoms with Gasteiger partial charge in [0.2, 0.25) is 5.91 Å². The van der Waals surface area contributed by atoms with Gasteiger partial charge in [0.05, 0.1) is 6.04 Å². The van der Waals surface area contributed by atoms with E-state index in [1.807, 2.05) is 84.9 Å². The highest BCUT2D eigenvalue weighted by Gasteiger charge is 2.49. The fourth-order valence-corrected chi connectivity index (χ4v) is 4.67. The van der Waals surface area contributed by atoms with Crippen molar-refractivity contribution >= 4 is 40.2 Å². The summed E-state index contributed by atoms with van der Waals surface area (Å²) in [6.07, 6.45) is 0. The van der Waals surface area contributed by atoms with Gasteiger partial charge in [-0.1, -0.05) is 90.5 Å². The number of hydrogen-bond acceptors (Lipinski definition) is 3. The highest BCUT2D eigenvalue weighted by molar-refractivity contribution is 6.30. The molecule has 1 fully saturated rings. The average molecular weight is 498 g/mol. The fraction of sp³-hybridized carbons (Fsp3) is 0.138. The number of rotatable bonds is 6. The number of amides is 4. The number of carbonyl (C=O) groups is 3. The molecule has 2 N–H and O–H groups in total. The van der Waals surface area contributed by atoms with Gasteiger partial charge in [-0.2, -0.15) is 0 Å². The third-order valence-electron chi connectivity index (χ3n) is 6.55. The fourth-order valence-electron chi connectivity index (χ4n) is 4.55. The molecule has 0 bridgehead atoms. The maximum absolute atomic E-state index is 13.4. The first kappa shape index (κ1) is 23.6. The molecule has 2 atom stereocenters. The van der Waals surface area contributed by atoms with E-state index in [0.29, 0.717) is 10.6 Å².